The van der Waals surface area contributed by atoms with Crippen molar-refractivity contribution in [1.29, 1.82) is 0 Å². The maximum Gasteiger partial charge on any atom is 0.223 e. The van der Waals surface area contributed by atoms with Gasteiger partial charge in [-0.2, -0.15) is 0 Å². The van der Waals surface area contributed by atoms with Crippen LogP contribution in [0.25, 0.3) is 0 Å². The summed E-state index contributed by atoms with van der Waals surface area (Å²) in [6, 6.07) is 0. The lowest BCUT2D eigenvalue weighted by Crippen LogP contribution is -2.28. The molecule has 0 rings (SSSR count). The van der Waals surface area contributed by atoms with Gasteiger partial charge in [-0.3, -0.25) is 4.79 Å². The number of amides is 1. The van der Waals surface area contributed by atoms with Crippen molar-refractivity contribution in [3.8, 4) is 0 Å². The predicted molar refractivity (Wildman–Crippen MR) is 41.5 cm³/mol. The third-order valence-electron chi connectivity index (χ3n) is 1.19. The molecule has 0 atom stereocenters. The summed E-state index contributed by atoms with van der Waals surface area (Å²) in [5.74, 6) is 0.0717. The van der Waals surface area contributed by atoms with Crippen LogP contribution < -0.4 is 5.73 Å². The smallest absolute Gasteiger partial charge is 0.223 e. The lowest BCUT2D eigenvalue weighted by Gasteiger charge is -2.13. The number of nitrogens with two attached hydrogens (primary N) is 1. The van der Waals surface area contributed by atoms with Crippen LogP contribution in [0.1, 0.15) is 6.42 Å². The van der Waals surface area contributed by atoms with Crippen LogP contribution in [0.5, 0.6) is 0 Å². The largest absolute Gasteiger partial charge is 0.342 e. The zero-order chi connectivity index (χ0) is 7.98. The quantitative estimate of drug-likeness (QED) is 0.561. The van der Waals surface area contributed by atoms with E-state index in [1.54, 1.807) is 18.0 Å². The van der Waals surface area contributed by atoms with Crippen LogP contribution in [0.4, 0.5) is 0 Å². The number of carbonyl (C=O) groups is 1. The Kier molecular flexibility index (Phi) is 4.58. The number of rotatable bonds is 4. The minimum atomic E-state index is 0.0717. The molecule has 0 aliphatic rings. The number of nitrogens with zero attached hydrogens (tertiary/aromatic N) is 1. The van der Waals surface area contributed by atoms with Gasteiger partial charge in [0.25, 0.3) is 0 Å². The summed E-state index contributed by atoms with van der Waals surface area (Å²) >= 11 is 0. The minimum absolute atomic E-state index is 0.0717. The molecule has 0 aromatic heterocycles. The van der Waals surface area contributed by atoms with Crippen LogP contribution in [0.3, 0.4) is 0 Å². The first kappa shape index (κ1) is 9.17. The molecule has 58 valence electrons. The van der Waals surface area contributed by atoms with E-state index in [2.05, 4.69) is 6.58 Å². The standard InChI is InChI=1S/C7H14N2O/c1-3-6-9(2)7(10)4-5-8/h3H,1,4-6,8H2,2H3. The van der Waals surface area contributed by atoms with Gasteiger partial charge in [-0.05, 0) is 0 Å². The van der Waals surface area contributed by atoms with Crippen molar-refractivity contribution >= 4 is 5.91 Å². The molecule has 3 heteroatoms. The Hall–Kier alpha value is -0.830. The molecule has 0 heterocycles. The van der Waals surface area contributed by atoms with Crippen LogP contribution in [0.15, 0.2) is 12.7 Å². The Balaban J connectivity index is 3.58. The van der Waals surface area contributed by atoms with Gasteiger partial charge in [-0.15, -0.1) is 6.58 Å². The highest BCUT2D eigenvalue weighted by molar-refractivity contribution is 5.76. The van der Waals surface area contributed by atoms with Crippen molar-refractivity contribution in [2.45, 2.75) is 6.42 Å². The van der Waals surface area contributed by atoms with E-state index in [4.69, 9.17) is 5.73 Å². The number of likely N-dealkylation sites (N-methyl/N-ethyl adjacent to an activating group) is 1. The Bertz CT molecular complexity index is 123. The van der Waals surface area contributed by atoms with Crippen LogP contribution in [-0.2, 0) is 4.79 Å². The van der Waals surface area contributed by atoms with Gasteiger partial charge in [0.2, 0.25) is 5.91 Å². The van der Waals surface area contributed by atoms with Crippen LogP contribution >= 0.6 is 0 Å². The van der Waals surface area contributed by atoms with Gasteiger partial charge in [0, 0.05) is 26.6 Å². The molecule has 0 fully saturated rings. The van der Waals surface area contributed by atoms with Gasteiger partial charge < -0.3 is 10.6 Å². The van der Waals surface area contributed by atoms with Gasteiger partial charge in [0.05, 0.1) is 0 Å². The predicted octanol–water partition coefficient (Wildman–Crippen LogP) is -0.0204. The molecule has 0 bridgehead atoms. The zero-order valence-electron chi connectivity index (χ0n) is 6.34. The van der Waals surface area contributed by atoms with Gasteiger partial charge in [0.15, 0.2) is 0 Å². The maximum absolute atomic E-state index is 10.9. The molecule has 0 spiro atoms. The Morgan fingerprint density at radius 2 is 2.40 bits per heavy atom. The second kappa shape index (κ2) is 4.99. The summed E-state index contributed by atoms with van der Waals surface area (Å²) in [5.41, 5.74) is 5.19. The Labute approximate surface area is 61.5 Å². The summed E-state index contributed by atoms with van der Waals surface area (Å²) in [4.78, 5) is 12.5. The molecular formula is C7H14N2O. The lowest BCUT2D eigenvalue weighted by atomic mass is 10.4. The molecule has 0 unspecified atom stereocenters. The lowest BCUT2D eigenvalue weighted by molar-refractivity contribution is -0.129. The van der Waals surface area contributed by atoms with E-state index < -0.39 is 0 Å². The average Bonchev–Trinajstić information content (AvgIpc) is 1.89. The van der Waals surface area contributed by atoms with E-state index in [0.717, 1.165) is 0 Å². The number of hydrogen-bond donors (Lipinski definition) is 1. The second-order valence-electron chi connectivity index (χ2n) is 2.10. The molecule has 0 aromatic rings. The summed E-state index contributed by atoms with van der Waals surface area (Å²) < 4.78 is 0. The van der Waals surface area contributed by atoms with Crippen molar-refractivity contribution in [2.24, 2.45) is 5.73 Å². The summed E-state index contributed by atoms with van der Waals surface area (Å²) in [7, 11) is 1.74. The first-order valence-corrected chi connectivity index (χ1v) is 3.27. The molecular weight excluding hydrogens is 128 g/mol. The number of carbonyl (C=O) groups excluding carboxylic acids is 1. The van der Waals surface area contributed by atoms with Gasteiger partial charge in [0.1, 0.15) is 0 Å². The van der Waals surface area contributed by atoms with E-state index in [9.17, 15) is 4.79 Å². The summed E-state index contributed by atoms with van der Waals surface area (Å²) in [5, 5.41) is 0. The second-order valence-corrected chi connectivity index (χ2v) is 2.10. The first-order valence-electron chi connectivity index (χ1n) is 3.27. The minimum Gasteiger partial charge on any atom is -0.342 e. The van der Waals surface area contributed by atoms with Crippen molar-refractivity contribution < 1.29 is 4.79 Å². The van der Waals surface area contributed by atoms with Crippen LogP contribution in [0.2, 0.25) is 0 Å². The normalized spacial score (nSPS) is 9.00. The SMILES string of the molecule is C=CCN(C)C(=O)CCN. The van der Waals surface area contributed by atoms with Gasteiger partial charge in [-0.1, -0.05) is 6.08 Å². The van der Waals surface area contributed by atoms with Crippen molar-refractivity contribution in [3.05, 3.63) is 12.7 Å². The van der Waals surface area contributed by atoms with Crippen LogP contribution in [-0.4, -0.2) is 30.9 Å². The van der Waals surface area contributed by atoms with Gasteiger partial charge >= 0.3 is 0 Å². The fraction of sp³-hybridized carbons (Fsp3) is 0.571. The molecule has 0 aliphatic carbocycles. The first-order chi connectivity index (χ1) is 4.72. The van der Waals surface area contributed by atoms with Crippen molar-refractivity contribution in [2.75, 3.05) is 20.1 Å². The van der Waals surface area contributed by atoms with Crippen molar-refractivity contribution in [3.63, 3.8) is 0 Å². The third-order valence-corrected chi connectivity index (χ3v) is 1.19. The Morgan fingerprint density at radius 3 is 2.80 bits per heavy atom. The van der Waals surface area contributed by atoms with E-state index in [-0.39, 0.29) is 5.91 Å². The van der Waals surface area contributed by atoms with Crippen molar-refractivity contribution in [1.82, 2.24) is 4.90 Å². The topological polar surface area (TPSA) is 46.3 Å². The molecule has 10 heavy (non-hydrogen) atoms. The molecule has 0 saturated carbocycles. The fourth-order valence-electron chi connectivity index (χ4n) is 0.610. The highest BCUT2D eigenvalue weighted by Gasteiger charge is 2.03. The fourth-order valence-corrected chi connectivity index (χ4v) is 0.610. The van der Waals surface area contributed by atoms with Crippen LogP contribution in [0, 0.1) is 0 Å². The van der Waals surface area contributed by atoms with E-state index in [1.807, 2.05) is 0 Å². The molecule has 0 aliphatic heterocycles. The molecule has 0 saturated heterocycles. The summed E-state index contributed by atoms with van der Waals surface area (Å²) in [6.07, 6.45) is 2.11. The average molecular weight is 142 g/mol. The highest BCUT2D eigenvalue weighted by Crippen LogP contribution is 1.87. The monoisotopic (exact) mass is 142 g/mol. The van der Waals surface area contributed by atoms with Gasteiger partial charge in [-0.25, -0.2) is 0 Å². The van der Waals surface area contributed by atoms with E-state index in [1.165, 1.54) is 0 Å². The Morgan fingerprint density at radius 1 is 1.80 bits per heavy atom. The molecule has 0 aromatic carbocycles. The van der Waals surface area contributed by atoms with E-state index in [0.29, 0.717) is 19.5 Å². The molecule has 2 N–H and O–H groups in total. The maximum atomic E-state index is 10.9. The highest BCUT2D eigenvalue weighted by atomic mass is 16.2. The summed E-state index contributed by atoms with van der Waals surface area (Å²) in [6.45, 7) is 4.53. The molecule has 3 nitrogen and oxygen atoms in total. The third kappa shape index (κ3) is 3.25. The zero-order valence-corrected chi connectivity index (χ0v) is 6.34. The van der Waals surface area contributed by atoms with E-state index >= 15 is 0 Å². The molecule has 1 amide bonds. The molecule has 0 radical (unpaired) electrons. The number of hydrogen-bond acceptors (Lipinski definition) is 2.